The molecule has 3 aromatic rings. The van der Waals surface area contributed by atoms with Crippen molar-refractivity contribution in [3.63, 3.8) is 0 Å². The van der Waals surface area contributed by atoms with Crippen molar-refractivity contribution in [3.05, 3.63) is 81.2 Å². The van der Waals surface area contributed by atoms with Crippen molar-refractivity contribution in [2.45, 2.75) is 26.1 Å². The zero-order valence-electron chi connectivity index (χ0n) is 14.3. The third kappa shape index (κ3) is 4.12. The van der Waals surface area contributed by atoms with Crippen molar-refractivity contribution < 1.29 is 4.42 Å². The van der Waals surface area contributed by atoms with Crippen molar-refractivity contribution in [1.29, 1.82) is 0 Å². The lowest BCUT2D eigenvalue weighted by atomic mass is 10.0. The second-order valence-electron chi connectivity index (χ2n) is 5.90. The molecule has 128 valence electrons. The van der Waals surface area contributed by atoms with E-state index in [1.807, 2.05) is 56.3 Å². The van der Waals surface area contributed by atoms with E-state index in [1.54, 1.807) is 0 Å². The smallest absolute Gasteiger partial charge is 0.336 e. The van der Waals surface area contributed by atoms with Gasteiger partial charge in [-0.1, -0.05) is 54.2 Å². The van der Waals surface area contributed by atoms with Crippen LogP contribution in [-0.2, 0) is 12.3 Å². The van der Waals surface area contributed by atoms with Gasteiger partial charge in [0.1, 0.15) is 5.58 Å². The maximum atomic E-state index is 11.9. The van der Waals surface area contributed by atoms with E-state index in [4.69, 9.17) is 10.2 Å². The lowest BCUT2D eigenvalue weighted by Gasteiger charge is -2.08. The number of hydrogen-bond donors (Lipinski definition) is 1. The third-order valence-electron chi connectivity index (χ3n) is 4.15. The van der Waals surface area contributed by atoms with E-state index in [2.05, 4.69) is 4.99 Å². The number of benzene rings is 2. The van der Waals surface area contributed by atoms with Gasteiger partial charge in [0.05, 0.1) is 6.54 Å². The molecular weight excluding hydrogens is 332 g/mol. The normalized spacial score (nSPS) is 11.8. The van der Waals surface area contributed by atoms with E-state index >= 15 is 0 Å². The Bertz CT molecular complexity index is 978. The van der Waals surface area contributed by atoms with Crippen molar-refractivity contribution in [1.82, 2.24) is 0 Å². The van der Waals surface area contributed by atoms with Crippen molar-refractivity contribution in [2.75, 3.05) is 0 Å². The monoisotopic (exact) mass is 352 g/mol. The summed E-state index contributed by atoms with van der Waals surface area (Å²) in [4.78, 5) is 16.3. The van der Waals surface area contributed by atoms with Crippen LogP contribution < -0.4 is 11.4 Å². The number of thioether (sulfide) groups is 1. The van der Waals surface area contributed by atoms with Gasteiger partial charge >= 0.3 is 5.63 Å². The van der Waals surface area contributed by atoms with E-state index in [1.165, 1.54) is 17.8 Å². The fraction of sp³-hybridized carbons (Fsp3) is 0.200. The zero-order chi connectivity index (χ0) is 17.8. The van der Waals surface area contributed by atoms with Crippen LogP contribution in [0.5, 0.6) is 0 Å². The van der Waals surface area contributed by atoms with Crippen LogP contribution in [0.4, 0.5) is 0 Å². The van der Waals surface area contributed by atoms with Gasteiger partial charge in [0.25, 0.3) is 0 Å². The molecule has 1 heterocycles. The van der Waals surface area contributed by atoms with E-state index in [0.717, 1.165) is 27.6 Å². The molecule has 0 spiro atoms. The number of nitrogens with two attached hydrogens (primary N) is 1. The molecule has 0 unspecified atom stereocenters. The number of fused-ring (bicyclic) bond motifs is 1. The SMILES string of the molecule is Cc1ccc2c(CSC(N)=NCc3ccccc3)cc(=O)oc2c1C. The largest absolute Gasteiger partial charge is 0.422 e. The number of nitrogens with zero attached hydrogens (tertiary/aromatic N) is 1. The molecule has 25 heavy (non-hydrogen) atoms. The van der Waals surface area contributed by atoms with E-state index < -0.39 is 0 Å². The Kier molecular flexibility index (Phi) is 5.24. The van der Waals surface area contributed by atoms with Crippen molar-refractivity contribution >= 4 is 27.9 Å². The molecule has 0 aliphatic rings. The first-order valence-electron chi connectivity index (χ1n) is 8.04. The predicted octanol–water partition coefficient (Wildman–Crippen LogP) is 4.16. The van der Waals surface area contributed by atoms with Gasteiger partial charge in [-0.25, -0.2) is 4.79 Å². The summed E-state index contributed by atoms with van der Waals surface area (Å²) in [6.45, 7) is 4.52. The molecule has 0 atom stereocenters. The van der Waals surface area contributed by atoms with Gasteiger partial charge in [-0.15, -0.1) is 0 Å². The Morgan fingerprint density at radius 2 is 1.92 bits per heavy atom. The van der Waals surface area contributed by atoms with Crippen LogP contribution >= 0.6 is 11.8 Å². The van der Waals surface area contributed by atoms with Gasteiger partial charge in [0.15, 0.2) is 5.17 Å². The molecule has 0 radical (unpaired) electrons. The predicted molar refractivity (Wildman–Crippen MR) is 105 cm³/mol. The number of aryl methyl sites for hydroxylation is 2. The maximum absolute atomic E-state index is 11.9. The summed E-state index contributed by atoms with van der Waals surface area (Å²) in [7, 11) is 0. The van der Waals surface area contributed by atoms with Gasteiger partial charge in [-0.2, -0.15) is 0 Å². The molecule has 2 N–H and O–H groups in total. The first-order chi connectivity index (χ1) is 12.0. The van der Waals surface area contributed by atoms with E-state index in [0.29, 0.717) is 23.0 Å². The Hall–Kier alpha value is -2.53. The highest BCUT2D eigenvalue weighted by Crippen LogP contribution is 2.25. The topological polar surface area (TPSA) is 68.6 Å². The summed E-state index contributed by atoms with van der Waals surface area (Å²) in [5, 5.41) is 1.46. The Balaban J connectivity index is 1.79. The molecule has 0 saturated carbocycles. The lowest BCUT2D eigenvalue weighted by molar-refractivity contribution is 0.557. The summed E-state index contributed by atoms with van der Waals surface area (Å²) >= 11 is 1.43. The fourth-order valence-corrected chi connectivity index (χ4v) is 3.29. The van der Waals surface area contributed by atoms with E-state index in [-0.39, 0.29) is 5.63 Å². The quantitative estimate of drug-likeness (QED) is 0.435. The molecule has 1 aromatic heterocycles. The van der Waals surface area contributed by atoms with Crippen molar-refractivity contribution in [2.24, 2.45) is 10.7 Å². The molecule has 2 aromatic carbocycles. The lowest BCUT2D eigenvalue weighted by Crippen LogP contribution is -2.08. The molecule has 0 saturated heterocycles. The first-order valence-corrected chi connectivity index (χ1v) is 9.03. The summed E-state index contributed by atoms with van der Waals surface area (Å²) < 4.78 is 5.40. The molecule has 0 bridgehead atoms. The zero-order valence-corrected chi connectivity index (χ0v) is 15.1. The van der Waals surface area contributed by atoms with Gasteiger partial charge in [-0.3, -0.25) is 4.99 Å². The minimum Gasteiger partial charge on any atom is -0.422 e. The number of aliphatic imine (C=N–C) groups is 1. The minimum atomic E-state index is -0.336. The third-order valence-corrected chi connectivity index (χ3v) is 5.03. The summed E-state index contributed by atoms with van der Waals surface area (Å²) in [5.74, 6) is 0.578. The molecule has 0 fully saturated rings. The molecular formula is C20H20N2O2S. The van der Waals surface area contributed by atoms with Crippen LogP contribution in [0.1, 0.15) is 22.3 Å². The molecule has 0 amide bonds. The van der Waals surface area contributed by atoms with Gasteiger partial charge in [0.2, 0.25) is 0 Å². The maximum Gasteiger partial charge on any atom is 0.336 e. The highest BCUT2D eigenvalue weighted by Gasteiger charge is 2.10. The Labute approximate surface area is 150 Å². The molecule has 5 heteroatoms. The molecule has 0 aliphatic carbocycles. The standard InChI is InChI=1S/C20H20N2O2S/c1-13-8-9-17-16(10-18(23)24-19(17)14(13)2)12-25-20(21)22-11-15-6-4-3-5-7-15/h3-10H,11-12H2,1-2H3,(H2,21,22). The average Bonchev–Trinajstić information content (AvgIpc) is 2.62. The number of rotatable bonds is 4. The van der Waals surface area contributed by atoms with E-state index in [9.17, 15) is 4.79 Å². The summed E-state index contributed by atoms with van der Waals surface area (Å²) in [6, 6.07) is 15.5. The number of hydrogen-bond acceptors (Lipinski definition) is 4. The second-order valence-corrected chi connectivity index (χ2v) is 6.90. The van der Waals surface area contributed by atoms with Crippen LogP contribution in [0.25, 0.3) is 11.0 Å². The minimum absolute atomic E-state index is 0.336. The second kappa shape index (κ2) is 7.57. The summed E-state index contributed by atoms with van der Waals surface area (Å²) in [5.41, 5.74) is 10.5. The van der Waals surface area contributed by atoms with Crippen molar-refractivity contribution in [3.8, 4) is 0 Å². The average molecular weight is 352 g/mol. The summed E-state index contributed by atoms with van der Waals surface area (Å²) in [6.07, 6.45) is 0. The first kappa shape index (κ1) is 17.3. The Morgan fingerprint density at radius 1 is 1.16 bits per heavy atom. The van der Waals surface area contributed by atoms with Gasteiger partial charge < -0.3 is 10.2 Å². The van der Waals surface area contributed by atoms with Crippen LogP contribution in [0.15, 0.2) is 62.7 Å². The Morgan fingerprint density at radius 3 is 2.68 bits per heavy atom. The van der Waals surface area contributed by atoms with Gasteiger partial charge in [0, 0.05) is 17.2 Å². The van der Waals surface area contributed by atoms with Crippen LogP contribution in [0, 0.1) is 13.8 Å². The van der Waals surface area contributed by atoms with Crippen LogP contribution in [0.2, 0.25) is 0 Å². The highest BCUT2D eigenvalue weighted by molar-refractivity contribution is 8.13. The fourth-order valence-electron chi connectivity index (χ4n) is 2.59. The highest BCUT2D eigenvalue weighted by atomic mass is 32.2. The van der Waals surface area contributed by atoms with Crippen LogP contribution in [-0.4, -0.2) is 5.17 Å². The molecule has 4 nitrogen and oxygen atoms in total. The number of amidine groups is 1. The van der Waals surface area contributed by atoms with Gasteiger partial charge in [-0.05, 0) is 36.1 Å². The molecule has 3 rings (SSSR count). The van der Waals surface area contributed by atoms with Crippen LogP contribution in [0.3, 0.4) is 0 Å². The molecule has 0 aliphatic heterocycles.